The van der Waals surface area contributed by atoms with Gasteiger partial charge in [-0.1, -0.05) is 17.2 Å². The zero-order valence-corrected chi connectivity index (χ0v) is 16.7. The van der Waals surface area contributed by atoms with Gasteiger partial charge < -0.3 is 20.2 Å². The van der Waals surface area contributed by atoms with E-state index in [2.05, 4.69) is 15.5 Å². The molecule has 2 heterocycles. The van der Waals surface area contributed by atoms with Gasteiger partial charge in [0.2, 0.25) is 0 Å². The summed E-state index contributed by atoms with van der Waals surface area (Å²) in [5, 5.41) is 22.4. The number of nitrogens with zero attached hydrogens (tertiary/aromatic N) is 5. The molecule has 0 saturated heterocycles. The van der Waals surface area contributed by atoms with Gasteiger partial charge in [-0.2, -0.15) is 5.10 Å². The Morgan fingerprint density at radius 1 is 1.21 bits per heavy atom. The Bertz CT molecular complexity index is 1070. The van der Waals surface area contributed by atoms with Gasteiger partial charge in [0.25, 0.3) is 5.91 Å². The predicted octanol–water partition coefficient (Wildman–Crippen LogP) is 2.61. The van der Waals surface area contributed by atoms with Gasteiger partial charge in [0, 0.05) is 0 Å². The second kappa shape index (κ2) is 8.13. The highest BCUT2D eigenvalue weighted by atomic mass is 16.6. The molecular formula is C19H22N6O4. The van der Waals surface area contributed by atoms with Crippen molar-refractivity contribution in [2.75, 3.05) is 12.4 Å². The summed E-state index contributed by atoms with van der Waals surface area (Å²) in [6, 6.07) is 8.99. The number of aromatic nitrogens is 4. The first kappa shape index (κ1) is 20.1. The molecule has 0 aliphatic rings. The highest BCUT2D eigenvalue weighted by Gasteiger charge is 2.21. The molecule has 3 aromatic rings. The third kappa shape index (κ3) is 4.42. The number of anilines is 1. The second-order valence-corrected chi connectivity index (χ2v) is 6.66. The molecule has 1 aromatic carbocycles. The topological polar surface area (TPSA) is 117 Å². The van der Waals surface area contributed by atoms with Crippen LogP contribution in [0.1, 0.15) is 22.6 Å². The van der Waals surface area contributed by atoms with Crippen LogP contribution < -0.4 is 10.1 Å². The van der Waals surface area contributed by atoms with Gasteiger partial charge in [0.15, 0.2) is 6.54 Å². The maximum absolute atomic E-state index is 12.5. The summed E-state index contributed by atoms with van der Waals surface area (Å²) in [5.74, 6) is 0.122. The Labute approximate surface area is 167 Å². The zero-order valence-electron chi connectivity index (χ0n) is 16.7. The summed E-state index contributed by atoms with van der Waals surface area (Å²) in [6.45, 7) is 5.55. The van der Waals surface area contributed by atoms with Crippen molar-refractivity contribution < 1.29 is 14.5 Å². The second-order valence-electron chi connectivity index (χ2n) is 6.66. The van der Waals surface area contributed by atoms with E-state index in [1.165, 1.54) is 6.07 Å². The fourth-order valence-electron chi connectivity index (χ4n) is 3.09. The molecule has 0 fully saturated rings. The van der Waals surface area contributed by atoms with E-state index in [1.807, 2.05) is 31.2 Å². The summed E-state index contributed by atoms with van der Waals surface area (Å²) < 4.78 is 8.12. The molecule has 0 spiro atoms. The van der Waals surface area contributed by atoms with Gasteiger partial charge in [-0.15, -0.1) is 4.68 Å². The fourth-order valence-corrected chi connectivity index (χ4v) is 3.09. The third-order valence-corrected chi connectivity index (χ3v) is 4.47. The number of amides is 1. The molecule has 0 unspecified atom stereocenters. The van der Waals surface area contributed by atoms with E-state index in [4.69, 9.17) is 4.74 Å². The molecule has 1 amide bonds. The monoisotopic (exact) mass is 398 g/mol. The first-order valence-electron chi connectivity index (χ1n) is 8.94. The minimum Gasteiger partial charge on any atom is -0.497 e. The zero-order chi connectivity index (χ0) is 21.1. The van der Waals surface area contributed by atoms with Gasteiger partial charge in [-0.3, -0.25) is 9.48 Å². The minimum absolute atomic E-state index is 0.222. The molecule has 0 bridgehead atoms. The lowest BCUT2D eigenvalue weighted by Crippen LogP contribution is -2.21. The third-order valence-electron chi connectivity index (χ3n) is 4.47. The van der Waals surface area contributed by atoms with Gasteiger partial charge in [0.05, 0.1) is 42.5 Å². The number of methoxy groups -OCH3 is 1. The summed E-state index contributed by atoms with van der Waals surface area (Å²) in [6.07, 6.45) is 0. The lowest BCUT2D eigenvalue weighted by molar-refractivity contribution is -0.392. The number of rotatable bonds is 7. The highest BCUT2D eigenvalue weighted by molar-refractivity contribution is 5.91. The first-order chi connectivity index (χ1) is 13.8. The van der Waals surface area contributed by atoms with Crippen molar-refractivity contribution in [3.05, 3.63) is 63.1 Å². The van der Waals surface area contributed by atoms with Crippen molar-refractivity contribution in [1.29, 1.82) is 0 Å². The van der Waals surface area contributed by atoms with E-state index in [9.17, 15) is 14.9 Å². The summed E-state index contributed by atoms with van der Waals surface area (Å²) >= 11 is 0. The Kier molecular flexibility index (Phi) is 5.62. The Hall–Kier alpha value is -3.69. The smallest absolute Gasteiger partial charge is 0.345 e. The lowest BCUT2D eigenvalue weighted by Gasteiger charge is -2.08. The number of nitro groups is 1. The fraction of sp³-hybridized carbons (Fsp3) is 0.316. The van der Waals surface area contributed by atoms with Crippen LogP contribution in [0, 0.1) is 30.9 Å². The van der Waals surface area contributed by atoms with Crippen LogP contribution in [0.25, 0.3) is 0 Å². The average Bonchev–Trinajstić information content (AvgIpc) is 3.16. The standard InChI is InChI=1S/C19H22N6O4/c1-12-8-18(25(27)28)24(21-12)11-17(26)20-19-13(2)22-23(14(19)3)10-15-6-5-7-16(9-15)29-4/h5-9H,10-11H2,1-4H3,(H,20,26). The van der Waals surface area contributed by atoms with Crippen LogP contribution in [-0.2, 0) is 17.9 Å². The van der Waals surface area contributed by atoms with Gasteiger partial charge >= 0.3 is 5.82 Å². The van der Waals surface area contributed by atoms with Crippen LogP contribution >= 0.6 is 0 Å². The predicted molar refractivity (Wildman–Crippen MR) is 106 cm³/mol. The van der Waals surface area contributed by atoms with Gasteiger partial charge in [0.1, 0.15) is 5.75 Å². The van der Waals surface area contributed by atoms with Crippen LogP contribution in [0.2, 0.25) is 0 Å². The van der Waals surface area contributed by atoms with Gasteiger partial charge in [-0.25, -0.2) is 0 Å². The van der Waals surface area contributed by atoms with Crippen LogP contribution in [0.5, 0.6) is 5.75 Å². The Balaban J connectivity index is 1.76. The van der Waals surface area contributed by atoms with Gasteiger partial charge in [-0.05, 0) is 43.4 Å². The van der Waals surface area contributed by atoms with E-state index in [1.54, 1.807) is 25.6 Å². The number of ether oxygens (including phenoxy) is 1. The van der Waals surface area contributed by atoms with Crippen molar-refractivity contribution in [2.45, 2.75) is 33.9 Å². The largest absolute Gasteiger partial charge is 0.497 e. The van der Waals surface area contributed by atoms with E-state index in [0.29, 0.717) is 23.6 Å². The summed E-state index contributed by atoms with van der Waals surface area (Å²) in [5.41, 5.74) is 3.51. The molecule has 0 saturated carbocycles. The van der Waals surface area contributed by atoms with Crippen LogP contribution in [0.3, 0.4) is 0 Å². The quantitative estimate of drug-likeness (QED) is 0.483. The summed E-state index contributed by atoms with van der Waals surface area (Å²) in [7, 11) is 1.61. The molecule has 1 N–H and O–H groups in total. The molecule has 29 heavy (non-hydrogen) atoms. The van der Waals surface area contributed by atoms with Crippen molar-refractivity contribution in [3.63, 3.8) is 0 Å². The summed E-state index contributed by atoms with van der Waals surface area (Å²) in [4.78, 5) is 23.0. The normalized spacial score (nSPS) is 10.8. The average molecular weight is 398 g/mol. The maximum atomic E-state index is 12.5. The number of hydrogen-bond acceptors (Lipinski definition) is 6. The van der Waals surface area contributed by atoms with E-state index < -0.39 is 10.8 Å². The molecule has 0 atom stereocenters. The Morgan fingerprint density at radius 3 is 2.66 bits per heavy atom. The number of aryl methyl sites for hydroxylation is 2. The number of nitrogens with one attached hydrogen (secondary N) is 1. The number of carbonyl (C=O) groups excluding carboxylic acids is 1. The van der Waals surface area contributed by atoms with Crippen molar-refractivity contribution in [2.24, 2.45) is 0 Å². The molecule has 0 aliphatic heterocycles. The SMILES string of the molecule is COc1cccc(Cn2nc(C)c(NC(=O)Cn3nc(C)cc3[N+](=O)[O-])c2C)c1. The molecule has 10 nitrogen and oxygen atoms in total. The van der Waals surface area contributed by atoms with Crippen LogP contribution in [0.4, 0.5) is 11.5 Å². The number of hydrogen-bond donors (Lipinski definition) is 1. The van der Waals surface area contributed by atoms with Crippen molar-refractivity contribution >= 4 is 17.4 Å². The van der Waals surface area contributed by atoms with Crippen LogP contribution in [0.15, 0.2) is 30.3 Å². The lowest BCUT2D eigenvalue weighted by atomic mass is 10.2. The molecule has 2 aromatic heterocycles. The molecule has 0 aliphatic carbocycles. The number of benzene rings is 1. The molecule has 152 valence electrons. The minimum atomic E-state index is -0.560. The van der Waals surface area contributed by atoms with Crippen molar-refractivity contribution in [3.8, 4) is 5.75 Å². The van der Waals surface area contributed by atoms with E-state index in [-0.39, 0.29) is 12.4 Å². The van der Waals surface area contributed by atoms with Crippen molar-refractivity contribution in [1.82, 2.24) is 19.6 Å². The molecule has 10 heteroatoms. The molecular weight excluding hydrogens is 376 g/mol. The van der Waals surface area contributed by atoms with Crippen LogP contribution in [-0.4, -0.2) is 37.5 Å². The molecule has 0 radical (unpaired) electrons. The highest BCUT2D eigenvalue weighted by Crippen LogP contribution is 2.22. The maximum Gasteiger partial charge on any atom is 0.345 e. The first-order valence-corrected chi connectivity index (χ1v) is 8.94. The number of carbonyl (C=O) groups is 1. The molecule has 3 rings (SSSR count). The Morgan fingerprint density at radius 2 is 1.97 bits per heavy atom. The van der Waals surface area contributed by atoms with E-state index >= 15 is 0 Å². The van der Waals surface area contributed by atoms with E-state index in [0.717, 1.165) is 21.7 Å².